The summed E-state index contributed by atoms with van der Waals surface area (Å²) in [7, 11) is 0. The van der Waals surface area contributed by atoms with E-state index in [4.69, 9.17) is 0 Å². The quantitative estimate of drug-likeness (QED) is 0.686. The van der Waals surface area contributed by atoms with Gasteiger partial charge in [-0.1, -0.05) is 6.42 Å². The Kier molecular flexibility index (Phi) is 3.74. The highest BCUT2D eigenvalue weighted by molar-refractivity contribution is 4.80. The van der Waals surface area contributed by atoms with E-state index >= 15 is 0 Å². The molecule has 1 unspecified atom stereocenters. The standard InChI is InChI=1S/C11H23NO/c1-9(10-5-4-6-10)12-8-7-11(2,3)13/h9-10,12-13H,4-8H2,1-3H3. The summed E-state index contributed by atoms with van der Waals surface area (Å²) >= 11 is 0. The smallest absolute Gasteiger partial charge is 0.0603 e. The molecule has 2 heteroatoms. The van der Waals surface area contributed by atoms with Gasteiger partial charge in [-0.3, -0.25) is 0 Å². The van der Waals surface area contributed by atoms with Crippen LogP contribution in [0.15, 0.2) is 0 Å². The zero-order valence-corrected chi connectivity index (χ0v) is 9.14. The monoisotopic (exact) mass is 185 g/mol. The van der Waals surface area contributed by atoms with Crippen LogP contribution in [0.3, 0.4) is 0 Å². The molecule has 1 rings (SSSR count). The van der Waals surface area contributed by atoms with Crippen LogP contribution in [0.1, 0.15) is 46.5 Å². The van der Waals surface area contributed by atoms with Crippen LogP contribution < -0.4 is 5.32 Å². The first-order valence-corrected chi connectivity index (χ1v) is 5.45. The van der Waals surface area contributed by atoms with Crippen LogP contribution in [0.4, 0.5) is 0 Å². The number of hydrogen-bond donors (Lipinski definition) is 2. The van der Waals surface area contributed by atoms with Gasteiger partial charge in [0.05, 0.1) is 5.60 Å². The lowest BCUT2D eigenvalue weighted by atomic mass is 9.80. The van der Waals surface area contributed by atoms with E-state index in [9.17, 15) is 5.11 Å². The third-order valence-corrected chi connectivity index (χ3v) is 3.06. The molecule has 1 fully saturated rings. The molecule has 1 saturated carbocycles. The molecular weight excluding hydrogens is 162 g/mol. The second-order valence-electron chi connectivity index (χ2n) is 5.00. The number of hydrogen-bond acceptors (Lipinski definition) is 2. The van der Waals surface area contributed by atoms with Gasteiger partial charge < -0.3 is 10.4 Å². The molecule has 13 heavy (non-hydrogen) atoms. The summed E-state index contributed by atoms with van der Waals surface area (Å²) in [5, 5.41) is 13.0. The zero-order chi connectivity index (χ0) is 9.90. The maximum atomic E-state index is 9.50. The number of nitrogens with one attached hydrogen (secondary N) is 1. The van der Waals surface area contributed by atoms with Crippen molar-refractivity contribution in [2.75, 3.05) is 6.54 Å². The summed E-state index contributed by atoms with van der Waals surface area (Å²) in [6.45, 7) is 6.92. The third kappa shape index (κ3) is 4.10. The molecular formula is C11H23NO. The second-order valence-corrected chi connectivity index (χ2v) is 5.00. The predicted octanol–water partition coefficient (Wildman–Crippen LogP) is 1.93. The van der Waals surface area contributed by atoms with Crippen LogP contribution in [0.5, 0.6) is 0 Å². The predicted molar refractivity (Wildman–Crippen MR) is 55.7 cm³/mol. The van der Waals surface area contributed by atoms with E-state index in [0.717, 1.165) is 18.9 Å². The van der Waals surface area contributed by atoms with E-state index < -0.39 is 5.60 Å². The van der Waals surface area contributed by atoms with E-state index in [-0.39, 0.29) is 0 Å². The van der Waals surface area contributed by atoms with Crippen LogP contribution in [0.2, 0.25) is 0 Å². The molecule has 2 nitrogen and oxygen atoms in total. The van der Waals surface area contributed by atoms with Gasteiger partial charge >= 0.3 is 0 Å². The van der Waals surface area contributed by atoms with Gasteiger partial charge in [-0.2, -0.15) is 0 Å². The fourth-order valence-corrected chi connectivity index (χ4v) is 1.71. The molecule has 0 aromatic rings. The number of aliphatic hydroxyl groups is 1. The van der Waals surface area contributed by atoms with Crippen molar-refractivity contribution in [2.24, 2.45) is 5.92 Å². The van der Waals surface area contributed by atoms with Crippen molar-refractivity contribution in [3.05, 3.63) is 0 Å². The molecule has 0 spiro atoms. The molecule has 2 N–H and O–H groups in total. The summed E-state index contributed by atoms with van der Waals surface area (Å²) in [6.07, 6.45) is 5.01. The van der Waals surface area contributed by atoms with Gasteiger partial charge in [0.25, 0.3) is 0 Å². The van der Waals surface area contributed by atoms with E-state index in [2.05, 4.69) is 12.2 Å². The Hall–Kier alpha value is -0.0800. The molecule has 0 aliphatic heterocycles. The van der Waals surface area contributed by atoms with Crippen molar-refractivity contribution >= 4 is 0 Å². The molecule has 0 aromatic heterocycles. The first-order valence-electron chi connectivity index (χ1n) is 5.45. The molecule has 78 valence electrons. The number of rotatable bonds is 5. The Morgan fingerprint density at radius 1 is 1.46 bits per heavy atom. The minimum atomic E-state index is -0.521. The fourth-order valence-electron chi connectivity index (χ4n) is 1.71. The third-order valence-electron chi connectivity index (χ3n) is 3.06. The van der Waals surface area contributed by atoms with Crippen LogP contribution in [-0.2, 0) is 0 Å². The Balaban J connectivity index is 2.04. The highest BCUT2D eigenvalue weighted by atomic mass is 16.3. The molecule has 0 heterocycles. The molecule has 1 aliphatic carbocycles. The molecule has 0 radical (unpaired) electrons. The van der Waals surface area contributed by atoms with Gasteiger partial charge in [-0.25, -0.2) is 0 Å². The fraction of sp³-hybridized carbons (Fsp3) is 1.00. The van der Waals surface area contributed by atoms with Gasteiger partial charge in [0.15, 0.2) is 0 Å². The first kappa shape index (κ1) is 11.0. The summed E-state index contributed by atoms with van der Waals surface area (Å²) in [4.78, 5) is 0. The summed E-state index contributed by atoms with van der Waals surface area (Å²) < 4.78 is 0. The summed E-state index contributed by atoms with van der Waals surface area (Å²) in [6, 6.07) is 0.635. The summed E-state index contributed by atoms with van der Waals surface area (Å²) in [5.74, 6) is 0.891. The van der Waals surface area contributed by atoms with Crippen molar-refractivity contribution in [1.82, 2.24) is 5.32 Å². The largest absolute Gasteiger partial charge is 0.390 e. The van der Waals surface area contributed by atoms with Crippen LogP contribution in [-0.4, -0.2) is 23.3 Å². The van der Waals surface area contributed by atoms with E-state index in [1.807, 2.05) is 13.8 Å². The lowest BCUT2D eigenvalue weighted by Crippen LogP contribution is -2.39. The molecule has 1 aliphatic rings. The molecule has 0 bridgehead atoms. The Labute approximate surface area is 81.7 Å². The van der Waals surface area contributed by atoms with Gasteiger partial charge in [0.2, 0.25) is 0 Å². The highest BCUT2D eigenvalue weighted by Gasteiger charge is 2.23. The lowest BCUT2D eigenvalue weighted by Gasteiger charge is -2.32. The molecule has 1 atom stereocenters. The second kappa shape index (κ2) is 4.43. The Bertz CT molecular complexity index is 147. The molecule has 0 saturated heterocycles. The summed E-state index contributed by atoms with van der Waals surface area (Å²) in [5.41, 5.74) is -0.521. The Morgan fingerprint density at radius 3 is 2.46 bits per heavy atom. The minimum Gasteiger partial charge on any atom is -0.390 e. The van der Waals surface area contributed by atoms with E-state index in [1.54, 1.807) is 0 Å². The SMILES string of the molecule is CC(NCCC(C)(C)O)C1CCC1. The maximum absolute atomic E-state index is 9.50. The van der Waals surface area contributed by atoms with Crippen LogP contribution in [0.25, 0.3) is 0 Å². The van der Waals surface area contributed by atoms with Gasteiger partial charge in [-0.05, 0) is 52.5 Å². The van der Waals surface area contributed by atoms with Crippen molar-refractivity contribution < 1.29 is 5.11 Å². The molecule has 0 aromatic carbocycles. The lowest BCUT2D eigenvalue weighted by molar-refractivity contribution is 0.0690. The first-order chi connectivity index (χ1) is 5.99. The highest BCUT2D eigenvalue weighted by Crippen LogP contribution is 2.29. The maximum Gasteiger partial charge on any atom is 0.0603 e. The van der Waals surface area contributed by atoms with Gasteiger partial charge in [-0.15, -0.1) is 0 Å². The van der Waals surface area contributed by atoms with Crippen molar-refractivity contribution in [3.63, 3.8) is 0 Å². The van der Waals surface area contributed by atoms with Crippen molar-refractivity contribution in [3.8, 4) is 0 Å². The Morgan fingerprint density at radius 2 is 2.08 bits per heavy atom. The molecule has 0 amide bonds. The minimum absolute atomic E-state index is 0.521. The topological polar surface area (TPSA) is 32.3 Å². The normalized spacial score (nSPS) is 21.2. The van der Waals surface area contributed by atoms with Crippen LogP contribution >= 0.6 is 0 Å². The van der Waals surface area contributed by atoms with Crippen molar-refractivity contribution in [1.29, 1.82) is 0 Å². The van der Waals surface area contributed by atoms with E-state index in [0.29, 0.717) is 6.04 Å². The average molecular weight is 185 g/mol. The average Bonchev–Trinajstić information content (AvgIpc) is 1.79. The van der Waals surface area contributed by atoms with E-state index in [1.165, 1.54) is 19.3 Å². The van der Waals surface area contributed by atoms with Crippen LogP contribution in [0, 0.1) is 5.92 Å². The zero-order valence-electron chi connectivity index (χ0n) is 9.14. The van der Waals surface area contributed by atoms with Crippen molar-refractivity contribution in [2.45, 2.75) is 58.1 Å². The van der Waals surface area contributed by atoms with Gasteiger partial charge in [0.1, 0.15) is 0 Å². The van der Waals surface area contributed by atoms with Gasteiger partial charge in [0, 0.05) is 6.04 Å².